The van der Waals surface area contributed by atoms with Crippen LogP contribution < -0.4 is 0 Å². The van der Waals surface area contributed by atoms with Crippen molar-refractivity contribution in [2.45, 2.75) is 25.9 Å². The van der Waals surface area contributed by atoms with Crippen molar-refractivity contribution in [3.8, 4) is 0 Å². The number of Topliss-reactive ketones (excluding diaryl/α,β-unsaturated/α-hetero) is 1. The van der Waals surface area contributed by atoms with E-state index in [4.69, 9.17) is 0 Å². The van der Waals surface area contributed by atoms with Crippen LogP contribution in [0.25, 0.3) is 0 Å². The quantitative estimate of drug-likeness (QED) is 0.809. The van der Waals surface area contributed by atoms with E-state index in [2.05, 4.69) is 0 Å². The number of amides is 1. The number of rotatable bonds is 3. The Labute approximate surface area is 136 Å². The number of ketones is 1. The molecular weight excluding hydrogens is 286 g/mol. The number of hydrogen-bond donors (Lipinski definition) is 0. The number of carbonyl (C=O) groups excluding carboxylic acids is 2. The molecule has 0 unspecified atom stereocenters. The number of nitrogens with zero attached hydrogens (tertiary/aromatic N) is 1. The van der Waals surface area contributed by atoms with Crippen molar-refractivity contribution < 1.29 is 9.59 Å². The topological polar surface area (TPSA) is 37.4 Å². The average molecular weight is 307 g/mol. The molecule has 0 saturated carbocycles. The molecule has 23 heavy (non-hydrogen) atoms. The molecule has 2 aromatic rings. The van der Waals surface area contributed by atoms with Gasteiger partial charge in [-0.25, -0.2) is 0 Å². The third kappa shape index (κ3) is 2.67. The number of piperidine rings is 1. The highest BCUT2D eigenvalue weighted by Crippen LogP contribution is 2.44. The second-order valence-electron chi connectivity index (χ2n) is 6.24. The third-order valence-corrected chi connectivity index (χ3v) is 4.89. The Kier molecular flexibility index (Phi) is 4.28. The van der Waals surface area contributed by atoms with Crippen LogP contribution in [0.2, 0.25) is 0 Å². The summed E-state index contributed by atoms with van der Waals surface area (Å²) in [5, 5.41) is 0. The zero-order valence-electron chi connectivity index (χ0n) is 13.4. The van der Waals surface area contributed by atoms with Gasteiger partial charge in [0.1, 0.15) is 5.78 Å². The van der Waals surface area contributed by atoms with Gasteiger partial charge in [-0.15, -0.1) is 0 Å². The van der Waals surface area contributed by atoms with Crippen molar-refractivity contribution in [2.75, 3.05) is 0 Å². The van der Waals surface area contributed by atoms with Gasteiger partial charge in [-0.1, -0.05) is 74.5 Å². The Morgan fingerprint density at radius 3 is 1.52 bits per heavy atom. The van der Waals surface area contributed by atoms with Crippen molar-refractivity contribution in [1.29, 1.82) is 0 Å². The van der Waals surface area contributed by atoms with Gasteiger partial charge in [-0.05, 0) is 11.1 Å². The highest BCUT2D eigenvalue weighted by Gasteiger charge is 2.45. The van der Waals surface area contributed by atoms with Crippen LogP contribution in [0.15, 0.2) is 60.7 Å². The van der Waals surface area contributed by atoms with Crippen LogP contribution in [0.3, 0.4) is 0 Å². The molecule has 1 saturated heterocycles. The van der Waals surface area contributed by atoms with Gasteiger partial charge in [0.05, 0.1) is 12.1 Å². The van der Waals surface area contributed by atoms with Gasteiger partial charge in [0, 0.05) is 11.8 Å². The third-order valence-electron chi connectivity index (χ3n) is 4.89. The summed E-state index contributed by atoms with van der Waals surface area (Å²) in [6.45, 7) is 3.85. The van der Waals surface area contributed by atoms with E-state index in [-0.39, 0.29) is 29.7 Å². The van der Waals surface area contributed by atoms with E-state index in [0.717, 1.165) is 17.5 Å². The lowest BCUT2D eigenvalue weighted by atomic mass is 9.75. The molecule has 0 N–H and O–H groups in total. The minimum Gasteiger partial charge on any atom is -0.330 e. The first-order chi connectivity index (χ1) is 11.1. The van der Waals surface area contributed by atoms with Crippen molar-refractivity contribution in [3.63, 3.8) is 0 Å². The second-order valence-corrected chi connectivity index (χ2v) is 6.24. The average Bonchev–Trinajstić information content (AvgIpc) is 2.61. The maximum Gasteiger partial charge on any atom is 0.210 e. The molecule has 0 spiro atoms. The number of carbonyl (C=O) groups is 2. The standard InChI is InChI=1S/C20H21NO2/c1-14-18(16-9-5-3-6-10-16)21(13-22)19(15(2)20(14)23)17-11-7-4-8-12-17/h3-15,18-19H,1-2H3/t14-,15+,18+,19-. The lowest BCUT2D eigenvalue weighted by Gasteiger charge is -2.46. The number of likely N-dealkylation sites (tertiary alicyclic amines) is 1. The van der Waals surface area contributed by atoms with Crippen molar-refractivity contribution in [1.82, 2.24) is 4.90 Å². The Morgan fingerprint density at radius 2 is 1.17 bits per heavy atom. The van der Waals surface area contributed by atoms with E-state index in [1.54, 1.807) is 0 Å². The first-order valence-electron chi connectivity index (χ1n) is 8.01. The van der Waals surface area contributed by atoms with Gasteiger partial charge in [0.25, 0.3) is 0 Å². The van der Waals surface area contributed by atoms with Crippen LogP contribution in [0.4, 0.5) is 0 Å². The Morgan fingerprint density at radius 1 is 0.783 bits per heavy atom. The predicted octanol–water partition coefficient (Wildman–Crippen LogP) is 3.78. The molecular formula is C20H21NO2. The molecule has 0 radical (unpaired) electrons. The van der Waals surface area contributed by atoms with Crippen molar-refractivity contribution in [3.05, 3.63) is 71.8 Å². The summed E-state index contributed by atoms with van der Waals surface area (Å²) >= 11 is 0. The molecule has 1 heterocycles. The highest BCUT2D eigenvalue weighted by atomic mass is 16.1. The summed E-state index contributed by atoms with van der Waals surface area (Å²) in [5.41, 5.74) is 2.02. The monoisotopic (exact) mass is 307 g/mol. The maximum absolute atomic E-state index is 12.8. The highest BCUT2D eigenvalue weighted by molar-refractivity contribution is 5.86. The van der Waals surface area contributed by atoms with Gasteiger partial charge < -0.3 is 4.90 Å². The van der Waals surface area contributed by atoms with Gasteiger partial charge >= 0.3 is 0 Å². The summed E-state index contributed by atoms with van der Waals surface area (Å²) in [4.78, 5) is 26.6. The summed E-state index contributed by atoms with van der Waals surface area (Å²) < 4.78 is 0. The first kappa shape index (κ1) is 15.5. The SMILES string of the molecule is C[C@@H]1C(=O)[C@H](C)[C@@H](c2ccccc2)N(C=O)[C@H]1c1ccccc1. The summed E-state index contributed by atoms with van der Waals surface area (Å²) in [5.74, 6) is -0.207. The van der Waals surface area contributed by atoms with Crippen molar-refractivity contribution >= 4 is 12.2 Å². The molecule has 0 aliphatic carbocycles. The molecule has 0 aromatic heterocycles. The molecule has 3 nitrogen and oxygen atoms in total. The normalized spacial score (nSPS) is 27.7. The second kappa shape index (κ2) is 6.37. The number of benzene rings is 2. The molecule has 118 valence electrons. The maximum atomic E-state index is 12.8. The molecule has 1 amide bonds. The van der Waals surface area contributed by atoms with Crippen LogP contribution in [0.1, 0.15) is 37.1 Å². The Bertz CT molecular complexity index is 628. The van der Waals surface area contributed by atoms with E-state index in [1.165, 1.54) is 0 Å². The van der Waals surface area contributed by atoms with Gasteiger partial charge in [-0.2, -0.15) is 0 Å². The molecule has 4 atom stereocenters. The number of hydrogen-bond acceptors (Lipinski definition) is 2. The van der Waals surface area contributed by atoms with Crippen molar-refractivity contribution in [2.24, 2.45) is 11.8 Å². The Balaban J connectivity index is 2.09. The summed E-state index contributed by atoms with van der Waals surface area (Å²) in [7, 11) is 0. The van der Waals surface area contributed by atoms with Crippen LogP contribution in [-0.4, -0.2) is 17.1 Å². The predicted molar refractivity (Wildman–Crippen MR) is 89.6 cm³/mol. The summed E-state index contributed by atoms with van der Waals surface area (Å²) in [6.07, 6.45) is 0.898. The van der Waals surface area contributed by atoms with E-state index in [9.17, 15) is 9.59 Å². The molecule has 0 bridgehead atoms. The summed E-state index contributed by atoms with van der Waals surface area (Å²) in [6, 6.07) is 19.2. The zero-order valence-corrected chi connectivity index (χ0v) is 13.4. The van der Waals surface area contributed by atoms with Crippen LogP contribution in [0.5, 0.6) is 0 Å². The molecule has 1 fully saturated rings. The van der Waals surface area contributed by atoms with E-state index >= 15 is 0 Å². The largest absolute Gasteiger partial charge is 0.330 e. The van der Waals surface area contributed by atoms with Crippen LogP contribution in [-0.2, 0) is 9.59 Å². The fourth-order valence-electron chi connectivity index (χ4n) is 3.77. The van der Waals surface area contributed by atoms with Gasteiger partial charge in [0.2, 0.25) is 6.41 Å². The first-order valence-corrected chi connectivity index (χ1v) is 8.01. The van der Waals surface area contributed by atoms with Crippen LogP contribution in [0, 0.1) is 11.8 Å². The molecule has 1 aliphatic heterocycles. The minimum absolute atomic E-state index is 0.211. The molecule has 2 aromatic carbocycles. The molecule has 1 aliphatic rings. The smallest absolute Gasteiger partial charge is 0.210 e. The minimum atomic E-state index is -0.220. The Hall–Kier alpha value is -2.42. The lowest BCUT2D eigenvalue weighted by Crippen LogP contribution is -2.48. The van der Waals surface area contributed by atoms with E-state index in [0.29, 0.717) is 0 Å². The van der Waals surface area contributed by atoms with E-state index in [1.807, 2.05) is 79.4 Å². The lowest BCUT2D eigenvalue weighted by molar-refractivity contribution is -0.144. The van der Waals surface area contributed by atoms with Gasteiger partial charge in [-0.3, -0.25) is 9.59 Å². The van der Waals surface area contributed by atoms with Crippen LogP contribution >= 0.6 is 0 Å². The molecule has 3 heteroatoms. The zero-order chi connectivity index (χ0) is 16.4. The van der Waals surface area contributed by atoms with E-state index < -0.39 is 0 Å². The fraction of sp³-hybridized carbons (Fsp3) is 0.300. The fourth-order valence-corrected chi connectivity index (χ4v) is 3.77. The molecule has 3 rings (SSSR count). The van der Waals surface area contributed by atoms with Gasteiger partial charge in [0.15, 0.2) is 0 Å².